The number of hydrogen-bond acceptors (Lipinski definition) is 7. The maximum Gasteiger partial charge on any atom is 0.489 e. The molecular formula is C109H76BBr2N3O2S3. The van der Waals surface area contributed by atoms with Crippen molar-refractivity contribution < 1.29 is 10.0 Å². The molecule has 0 fully saturated rings. The SMILES string of the molecule is Brc1cc(-c2ccccc2)cc(-c2ccccc2)n1.Brc1ccc2c(c1)-c1ccccc1C2.C.OB(O)c1cccc2c1sc1ccccc12.c1ccc(-c2cc(-c3ccccc3)nc(-n3c4ccccc4c4cc(-c5cccc6c5sc5ccccc56)ccc43)c2)cc1.c1ccc2c(c1)Cc1ccc(-c3cccc4c3sc3ccccc34)cc1-2. The van der Waals surface area contributed by atoms with Crippen LogP contribution in [0.4, 0.5) is 0 Å². The van der Waals surface area contributed by atoms with Crippen LogP contribution in [0.2, 0.25) is 0 Å². The highest BCUT2D eigenvalue weighted by Crippen LogP contribution is 2.47. The van der Waals surface area contributed by atoms with Gasteiger partial charge in [-0.05, 0) is 207 Å². The molecule has 0 unspecified atom stereocenters. The summed E-state index contributed by atoms with van der Waals surface area (Å²) < 4.78 is 11.9. The second-order valence-corrected chi connectivity index (χ2v) is 34.7. The average Bonchev–Trinajstić information content (AvgIpc) is 1.59. The van der Waals surface area contributed by atoms with Crippen LogP contribution in [0.5, 0.6) is 0 Å². The molecule has 6 heterocycles. The fourth-order valence-electron chi connectivity index (χ4n) is 16.9. The summed E-state index contributed by atoms with van der Waals surface area (Å²) in [6.45, 7) is 0. The molecule has 0 bridgehead atoms. The van der Waals surface area contributed by atoms with Crippen molar-refractivity contribution in [2.75, 3.05) is 0 Å². The molecule has 0 saturated heterocycles. The number of halogens is 2. The maximum absolute atomic E-state index is 9.31. The molecule has 2 N–H and O–H groups in total. The van der Waals surface area contributed by atoms with Crippen molar-refractivity contribution >= 4 is 161 Å². The van der Waals surface area contributed by atoms with E-state index in [1.165, 1.54) is 145 Å². The molecule has 120 heavy (non-hydrogen) atoms. The summed E-state index contributed by atoms with van der Waals surface area (Å²) in [4.78, 5) is 9.83. The van der Waals surface area contributed by atoms with Gasteiger partial charge in [0.2, 0.25) is 0 Å². The van der Waals surface area contributed by atoms with Crippen molar-refractivity contribution in [2.45, 2.75) is 20.3 Å². The zero-order chi connectivity index (χ0) is 79.9. The van der Waals surface area contributed by atoms with Crippen molar-refractivity contribution in [3.8, 4) is 95.1 Å². The lowest BCUT2D eigenvalue weighted by atomic mass is 9.80. The summed E-state index contributed by atoms with van der Waals surface area (Å²) in [6, 6.07) is 141. The molecule has 22 aromatic rings. The van der Waals surface area contributed by atoms with E-state index in [9.17, 15) is 10.0 Å². The normalized spacial score (nSPS) is 11.5. The number of aromatic nitrogens is 3. The second-order valence-electron chi connectivity index (χ2n) is 29.8. The van der Waals surface area contributed by atoms with Crippen molar-refractivity contribution in [1.29, 1.82) is 0 Å². The van der Waals surface area contributed by atoms with E-state index in [4.69, 9.17) is 4.98 Å². The Balaban J connectivity index is 0.000000107. The fraction of sp³-hybridized carbons (Fsp3) is 0.0275. The lowest BCUT2D eigenvalue weighted by Gasteiger charge is -2.13. The molecule has 16 aromatic carbocycles. The lowest BCUT2D eigenvalue weighted by molar-refractivity contribution is 0.426. The smallest absolute Gasteiger partial charge is 0.423 e. The number of hydrogen-bond donors (Lipinski definition) is 2. The van der Waals surface area contributed by atoms with E-state index >= 15 is 0 Å². The van der Waals surface area contributed by atoms with Crippen molar-refractivity contribution in [3.63, 3.8) is 0 Å². The Morgan fingerprint density at radius 3 is 1.21 bits per heavy atom. The third-order valence-corrected chi connectivity index (χ3v) is 27.1. The van der Waals surface area contributed by atoms with Crippen molar-refractivity contribution in [3.05, 3.63) is 432 Å². The van der Waals surface area contributed by atoms with E-state index in [0.29, 0.717) is 5.46 Å². The van der Waals surface area contributed by atoms with E-state index in [-0.39, 0.29) is 7.43 Å². The Morgan fingerprint density at radius 2 is 0.658 bits per heavy atom. The maximum atomic E-state index is 9.31. The van der Waals surface area contributed by atoms with Crippen LogP contribution in [0.25, 0.3) is 177 Å². The standard InChI is InChI=1S/C41H26N2S.C25H16S.C17H12BrN.C13H9Br.C12H9BO2S.CH4/c1-3-12-27(13-4-1)30-25-36(28-14-5-2-6-15-28)42-40(26-30)43-37-20-9-7-16-32(37)35-24-29(22-23-38(35)43)31-18-11-19-34-33-17-8-10-21-39(33)44-41(31)34;1-2-7-19-16(6-1)14-17-12-13-18(15-23(17)19)20-9-5-10-22-21-8-3-4-11-24(21)26-25(20)22;18-17-12-15(13-7-3-1-4-8-13)11-16(19-17)14-9-5-2-6-10-14;14-11-6-5-10-7-9-3-1-2-4-12(9)13(10)8-11;14-13(15)10-6-3-5-9-8-4-1-2-7-11(8)16-12(9)10;/h1-26H;1-13,15H,14H2;1-12H;1-6,8H,7H2;1-7,14-15H;1H4. The molecule has 0 atom stereocenters. The topological polar surface area (TPSA) is 71.2 Å². The van der Waals surface area contributed by atoms with Crippen LogP contribution in [0.3, 0.4) is 0 Å². The van der Waals surface area contributed by atoms with E-state index in [0.717, 1.165) is 76.9 Å². The van der Waals surface area contributed by atoms with Gasteiger partial charge >= 0.3 is 7.12 Å². The lowest BCUT2D eigenvalue weighted by Crippen LogP contribution is -2.29. The van der Waals surface area contributed by atoms with E-state index in [2.05, 4.69) is 363 Å². The van der Waals surface area contributed by atoms with Crippen LogP contribution in [0.15, 0.2) is 409 Å². The van der Waals surface area contributed by atoms with Crippen molar-refractivity contribution in [1.82, 2.24) is 14.5 Å². The molecular weight excluding hydrogens is 1650 g/mol. The number of fused-ring (bicyclic) bond motifs is 18. The Bertz CT molecular complexity index is 7460. The van der Waals surface area contributed by atoms with Gasteiger partial charge < -0.3 is 10.0 Å². The van der Waals surface area contributed by atoms with Crippen LogP contribution in [0, 0.1) is 0 Å². The Labute approximate surface area is 726 Å². The minimum atomic E-state index is -1.41. The van der Waals surface area contributed by atoms with E-state index < -0.39 is 7.12 Å². The molecule has 574 valence electrons. The number of pyridine rings is 2. The number of rotatable bonds is 8. The molecule has 2 aliphatic rings. The van der Waals surface area contributed by atoms with Crippen LogP contribution < -0.4 is 5.46 Å². The predicted octanol–water partition coefficient (Wildman–Crippen LogP) is 30.4. The van der Waals surface area contributed by atoms with Crippen LogP contribution >= 0.6 is 65.9 Å². The highest BCUT2D eigenvalue weighted by molar-refractivity contribution is 9.10. The largest absolute Gasteiger partial charge is 0.489 e. The quantitative estimate of drug-likeness (QED) is 0.117. The van der Waals surface area contributed by atoms with E-state index in [1.54, 1.807) is 17.4 Å². The summed E-state index contributed by atoms with van der Waals surface area (Å²) in [5.74, 6) is 0.913. The van der Waals surface area contributed by atoms with Gasteiger partial charge in [0.1, 0.15) is 10.4 Å². The first kappa shape index (κ1) is 77.2. The molecule has 0 amide bonds. The van der Waals surface area contributed by atoms with Gasteiger partial charge in [-0.25, -0.2) is 9.97 Å². The summed E-state index contributed by atoms with van der Waals surface area (Å²) >= 11 is 12.4. The third kappa shape index (κ3) is 15.2. The molecule has 5 nitrogen and oxygen atoms in total. The Kier molecular flexibility index (Phi) is 21.8. The molecule has 24 rings (SSSR count). The van der Waals surface area contributed by atoms with Gasteiger partial charge in [-0.1, -0.05) is 345 Å². The van der Waals surface area contributed by atoms with Gasteiger partial charge in [-0.15, -0.1) is 34.0 Å². The molecule has 11 heteroatoms. The molecule has 0 saturated carbocycles. The summed E-state index contributed by atoms with van der Waals surface area (Å²) in [5, 5.41) is 28.7. The van der Waals surface area contributed by atoms with Crippen molar-refractivity contribution in [2.24, 2.45) is 0 Å². The second kappa shape index (κ2) is 33.9. The Hall–Kier alpha value is -12.8. The average molecular weight is 1730 g/mol. The van der Waals surface area contributed by atoms with Crippen LogP contribution in [0.1, 0.15) is 29.7 Å². The Morgan fingerprint density at radius 1 is 0.267 bits per heavy atom. The highest BCUT2D eigenvalue weighted by atomic mass is 79.9. The first-order valence-corrected chi connectivity index (χ1v) is 43.8. The van der Waals surface area contributed by atoms with Crippen LogP contribution in [-0.4, -0.2) is 31.7 Å². The first-order valence-electron chi connectivity index (χ1n) is 39.7. The number of para-hydroxylation sites is 1. The summed E-state index contributed by atoms with van der Waals surface area (Å²) in [5.41, 5.74) is 28.2. The summed E-state index contributed by atoms with van der Waals surface area (Å²) in [7, 11) is -1.41. The zero-order valence-electron chi connectivity index (χ0n) is 64.3. The molecule has 0 aliphatic heterocycles. The van der Waals surface area contributed by atoms with Gasteiger partial charge in [0.15, 0.2) is 0 Å². The number of thiophene rings is 3. The van der Waals surface area contributed by atoms with Gasteiger partial charge in [0.25, 0.3) is 0 Å². The number of nitrogens with zero attached hydrogens (tertiary/aromatic N) is 3. The van der Waals surface area contributed by atoms with Gasteiger partial charge in [0.05, 0.1) is 22.4 Å². The van der Waals surface area contributed by atoms with Gasteiger partial charge in [0, 0.05) is 81.5 Å². The molecule has 0 radical (unpaired) electrons. The highest BCUT2D eigenvalue weighted by Gasteiger charge is 2.24. The first-order chi connectivity index (χ1) is 58.6. The molecule has 0 spiro atoms. The fourth-order valence-corrected chi connectivity index (χ4v) is 21.4. The summed E-state index contributed by atoms with van der Waals surface area (Å²) in [6.07, 6.45) is 2.14. The number of benzene rings is 16. The monoisotopic (exact) mass is 1720 g/mol. The predicted molar refractivity (Wildman–Crippen MR) is 522 cm³/mol. The van der Waals surface area contributed by atoms with Crippen LogP contribution in [-0.2, 0) is 12.8 Å². The minimum absolute atomic E-state index is 0. The van der Waals surface area contributed by atoms with Gasteiger partial charge in [-0.3, -0.25) is 4.57 Å². The zero-order valence-corrected chi connectivity index (χ0v) is 69.9. The third-order valence-electron chi connectivity index (χ3n) is 22.6. The van der Waals surface area contributed by atoms with E-state index in [1.807, 2.05) is 95.5 Å². The molecule has 6 aromatic heterocycles. The van der Waals surface area contributed by atoms with Gasteiger partial charge in [-0.2, -0.15) is 0 Å². The molecule has 2 aliphatic carbocycles. The minimum Gasteiger partial charge on any atom is -0.423 e.